The molecule has 1 aliphatic heterocycles. The third-order valence-corrected chi connectivity index (χ3v) is 5.94. The molecule has 1 heterocycles. The Morgan fingerprint density at radius 2 is 1.85 bits per heavy atom. The molecule has 2 aromatic rings. The van der Waals surface area contributed by atoms with Crippen LogP contribution in [0.3, 0.4) is 0 Å². The van der Waals surface area contributed by atoms with Gasteiger partial charge >= 0.3 is 0 Å². The van der Waals surface area contributed by atoms with Crippen LogP contribution < -0.4 is 10.6 Å². The molecule has 1 saturated heterocycles. The van der Waals surface area contributed by atoms with Gasteiger partial charge in [-0.25, -0.2) is 0 Å². The van der Waals surface area contributed by atoms with E-state index in [0.717, 1.165) is 15.6 Å². The molecule has 0 aliphatic carbocycles. The first kappa shape index (κ1) is 19.2. The van der Waals surface area contributed by atoms with Crippen LogP contribution in [0.1, 0.15) is 11.1 Å². The molecule has 0 unspecified atom stereocenters. The molecule has 1 aliphatic rings. The molecular formula is C20H16BrN3O2S. The number of nitriles is 1. The van der Waals surface area contributed by atoms with Gasteiger partial charge in [-0.1, -0.05) is 57.5 Å². The Balaban J connectivity index is 2.01. The van der Waals surface area contributed by atoms with Crippen LogP contribution in [-0.2, 0) is 16.0 Å². The molecule has 0 spiro atoms. The summed E-state index contributed by atoms with van der Waals surface area (Å²) in [5.41, 5.74) is 7.82. The minimum atomic E-state index is -0.839. The fraction of sp³-hybridized carbons (Fsp3) is 0.150. The zero-order chi connectivity index (χ0) is 19.6. The number of thioether (sulfide) groups is 1. The number of carbonyl (C=O) groups excluding carboxylic acids is 2. The van der Waals surface area contributed by atoms with E-state index in [4.69, 9.17) is 5.73 Å². The first-order valence-corrected chi connectivity index (χ1v) is 9.84. The Morgan fingerprint density at radius 3 is 2.41 bits per heavy atom. The highest BCUT2D eigenvalue weighted by Gasteiger charge is 2.40. The minimum Gasteiger partial charge on any atom is -0.365 e. The number of nitrogens with two attached hydrogens (primary N) is 1. The zero-order valence-electron chi connectivity index (χ0n) is 14.5. The lowest BCUT2D eigenvalue weighted by Gasteiger charge is -2.18. The van der Waals surface area contributed by atoms with Gasteiger partial charge in [-0.3, -0.25) is 14.5 Å². The summed E-state index contributed by atoms with van der Waals surface area (Å²) in [5, 5.41) is 9.25. The molecule has 27 heavy (non-hydrogen) atoms. The van der Waals surface area contributed by atoms with E-state index in [2.05, 4.69) is 15.9 Å². The van der Waals surface area contributed by atoms with Crippen LogP contribution in [-0.4, -0.2) is 17.1 Å². The van der Waals surface area contributed by atoms with Crippen molar-refractivity contribution in [2.24, 2.45) is 5.73 Å². The fourth-order valence-electron chi connectivity index (χ4n) is 2.76. The number of anilines is 1. The molecule has 0 radical (unpaired) electrons. The highest BCUT2D eigenvalue weighted by atomic mass is 79.9. The van der Waals surface area contributed by atoms with E-state index in [0.29, 0.717) is 17.1 Å². The van der Waals surface area contributed by atoms with E-state index in [1.807, 2.05) is 49.4 Å². The van der Waals surface area contributed by atoms with Crippen LogP contribution in [0.2, 0.25) is 0 Å². The maximum Gasteiger partial charge on any atom is 0.262 e. The summed E-state index contributed by atoms with van der Waals surface area (Å²) in [6.07, 6.45) is 0.486. The monoisotopic (exact) mass is 441 g/mol. The van der Waals surface area contributed by atoms with Gasteiger partial charge in [-0.05, 0) is 43.2 Å². The molecule has 7 heteroatoms. The van der Waals surface area contributed by atoms with Gasteiger partial charge in [-0.15, -0.1) is 0 Å². The van der Waals surface area contributed by atoms with Crippen LogP contribution in [0.25, 0.3) is 0 Å². The number of nitrogens with zero attached hydrogens (tertiary/aromatic N) is 2. The normalized spacial score (nSPS) is 18.3. The number of carbonyl (C=O) groups is 2. The van der Waals surface area contributed by atoms with Gasteiger partial charge in [0.25, 0.3) is 5.91 Å². The lowest BCUT2D eigenvalue weighted by atomic mass is 10.1. The first-order valence-electron chi connectivity index (χ1n) is 8.16. The van der Waals surface area contributed by atoms with Gasteiger partial charge in [0.15, 0.2) is 0 Å². The van der Waals surface area contributed by atoms with Gasteiger partial charge in [0, 0.05) is 10.2 Å². The van der Waals surface area contributed by atoms with Crippen molar-refractivity contribution in [1.82, 2.24) is 0 Å². The molecule has 3 rings (SSSR count). The van der Waals surface area contributed by atoms with Gasteiger partial charge in [0.05, 0.1) is 5.25 Å². The summed E-state index contributed by atoms with van der Waals surface area (Å²) in [7, 11) is 0. The van der Waals surface area contributed by atoms with Crippen molar-refractivity contribution in [3.63, 3.8) is 0 Å². The van der Waals surface area contributed by atoms with Crippen molar-refractivity contribution in [2.75, 3.05) is 4.90 Å². The number of primary amides is 1. The smallest absolute Gasteiger partial charge is 0.262 e. The largest absolute Gasteiger partial charge is 0.365 e. The molecule has 0 bridgehead atoms. The standard InChI is InChI=1S/C20H16BrN3O2S/c1-12-2-8-15(9-3-12)24-19(26)17(10-13-4-6-14(21)7-5-13)27-20(24)16(11-22)18(23)25/h2-9,17H,10H2,1H3,(H2,23,25)/b20-16+/t17-/m0/s1. The summed E-state index contributed by atoms with van der Waals surface area (Å²) in [4.78, 5) is 26.3. The summed E-state index contributed by atoms with van der Waals surface area (Å²) in [6, 6.07) is 16.9. The van der Waals surface area contributed by atoms with Crippen LogP contribution in [0, 0.1) is 18.3 Å². The van der Waals surface area contributed by atoms with Crippen molar-refractivity contribution in [1.29, 1.82) is 5.26 Å². The number of hydrogen-bond donors (Lipinski definition) is 1. The molecule has 0 aromatic heterocycles. The van der Waals surface area contributed by atoms with Crippen molar-refractivity contribution in [2.45, 2.75) is 18.6 Å². The molecule has 5 nitrogen and oxygen atoms in total. The first-order chi connectivity index (χ1) is 12.9. The van der Waals surface area contributed by atoms with Crippen molar-refractivity contribution >= 4 is 45.2 Å². The lowest BCUT2D eigenvalue weighted by molar-refractivity contribution is -0.117. The maximum atomic E-state index is 13.1. The van der Waals surface area contributed by atoms with Crippen molar-refractivity contribution < 1.29 is 9.59 Å². The number of amides is 2. The molecular weight excluding hydrogens is 426 g/mol. The highest BCUT2D eigenvalue weighted by Crippen LogP contribution is 2.41. The van der Waals surface area contributed by atoms with Crippen LogP contribution in [0.15, 0.2) is 63.6 Å². The van der Waals surface area contributed by atoms with Crippen molar-refractivity contribution in [3.8, 4) is 6.07 Å². The number of hydrogen-bond acceptors (Lipinski definition) is 4. The quantitative estimate of drug-likeness (QED) is 0.578. The van der Waals surface area contributed by atoms with Gasteiger partial charge < -0.3 is 5.73 Å². The molecule has 136 valence electrons. The summed E-state index contributed by atoms with van der Waals surface area (Å²) in [5.74, 6) is -1.01. The average Bonchev–Trinajstić information content (AvgIpc) is 2.94. The number of aryl methyl sites for hydroxylation is 1. The zero-order valence-corrected chi connectivity index (χ0v) is 16.9. The van der Waals surface area contributed by atoms with E-state index in [9.17, 15) is 14.9 Å². The maximum absolute atomic E-state index is 13.1. The highest BCUT2D eigenvalue weighted by molar-refractivity contribution is 9.10. The van der Waals surface area contributed by atoms with E-state index in [1.165, 1.54) is 16.7 Å². The Morgan fingerprint density at radius 1 is 1.22 bits per heavy atom. The second-order valence-corrected chi connectivity index (χ2v) is 8.21. The lowest BCUT2D eigenvalue weighted by Crippen LogP contribution is -2.31. The number of benzene rings is 2. The Hall–Kier alpha value is -2.56. The van der Waals surface area contributed by atoms with Crippen LogP contribution in [0.4, 0.5) is 5.69 Å². The Bertz CT molecular complexity index is 962. The molecule has 2 N–H and O–H groups in total. The summed E-state index contributed by atoms with van der Waals surface area (Å²) in [6.45, 7) is 1.95. The van der Waals surface area contributed by atoms with E-state index < -0.39 is 11.2 Å². The molecule has 1 atom stereocenters. The van der Waals surface area contributed by atoms with E-state index >= 15 is 0 Å². The second-order valence-electron chi connectivity index (χ2n) is 6.10. The van der Waals surface area contributed by atoms with Crippen molar-refractivity contribution in [3.05, 3.63) is 74.7 Å². The topological polar surface area (TPSA) is 87.2 Å². The minimum absolute atomic E-state index is 0.171. The molecule has 0 saturated carbocycles. The predicted molar refractivity (Wildman–Crippen MR) is 110 cm³/mol. The predicted octanol–water partition coefficient (Wildman–Crippen LogP) is 3.67. The van der Waals surface area contributed by atoms with Crippen LogP contribution >= 0.6 is 27.7 Å². The number of rotatable bonds is 4. The van der Waals surface area contributed by atoms with E-state index in [1.54, 1.807) is 12.1 Å². The third-order valence-electron chi connectivity index (χ3n) is 4.15. The summed E-state index contributed by atoms with van der Waals surface area (Å²) >= 11 is 4.60. The van der Waals surface area contributed by atoms with Gasteiger partial charge in [-0.2, -0.15) is 5.26 Å². The van der Waals surface area contributed by atoms with Gasteiger partial charge in [0.2, 0.25) is 5.91 Å². The third kappa shape index (κ3) is 4.07. The molecule has 2 aromatic carbocycles. The van der Waals surface area contributed by atoms with Crippen LogP contribution in [0.5, 0.6) is 0 Å². The fourth-order valence-corrected chi connectivity index (χ4v) is 4.34. The Kier molecular flexibility index (Phi) is 5.68. The van der Waals surface area contributed by atoms with Gasteiger partial charge in [0.1, 0.15) is 16.7 Å². The van der Waals surface area contributed by atoms with E-state index in [-0.39, 0.29) is 11.5 Å². The molecule has 2 amide bonds. The SMILES string of the molecule is Cc1ccc(N2C(=O)[C@H](Cc3ccc(Br)cc3)S/C2=C(\C#N)C(N)=O)cc1. The Labute approximate surface area is 170 Å². The second kappa shape index (κ2) is 7.99. The average molecular weight is 442 g/mol. The molecule has 1 fully saturated rings. The number of halogens is 1. The summed E-state index contributed by atoms with van der Waals surface area (Å²) < 4.78 is 0.957.